The number of morpholine rings is 1. The van der Waals surface area contributed by atoms with Crippen LogP contribution in [0.15, 0.2) is 48.5 Å². The quantitative estimate of drug-likeness (QED) is 0.595. The van der Waals surface area contributed by atoms with Gasteiger partial charge in [-0.2, -0.15) is 0 Å². The fraction of sp³-hybridized carbons (Fsp3) is 0.423. The number of benzene rings is 2. The molecule has 2 aromatic carbocycles. The minimum absolute atomic E-state index is 0.0753. The number of amides is 2. The lowest BCUT2D eigenvalue weighted by Crippen LogP contribution is -2.52. The van der Waals surface area contributed by atoms with E-state index in [4.69, 9.17) is 9.47 Å². The molecule has 35 heavy (non-hydrogen) atoms. The van der Waals surface area contributed by atoms with E-state index in [2.05, 4.69) is 10.2 Å². The van der Waals surface area contributed by atoms with Gasteiger partial charge in [-0.05, 0) is 29.3 Å². The minimum Gasteiger partial charge on any atom is -0.481 e. The van der Waals surface area contributed by atoms with E-state index >= 15 is 0 Å². The monoisotopic (exact) mass is 481 g/mol. The topological polar surface area (TPSA) is 108 Å². The van der Waals surface area contributed by atoms with Gasteiger partial charge in [0.05, 0.1) is 19.1 Å². The number of ether oxygens (including phenoxy) is 2. The Hall–Kier alpha value is -3.43. The van der Waals surface area contributed by atoms with Gasteiger partial charge in [-0.25, -0.2) is 4.79 Å². The smallest absolute Gasteiger partial charge is 0.407 e. The summed E-state index contributed by atoms with van der Waals surface area (Å²) in [5, 5.41) is 11.8. The third kappa shape index (κ3) is 5.80. The van der Waals surface area contributed by atoms with Crippen LogP contribution < -0.4 is 5.32 Å². The van der Waals surface area contributed by atoms with E-state index in [1.165, 1.54) is 4.90 Å². The van der Waals surface area contributed by atoms with Crippen LogP contribution in [0.2, 0.25) is 0 Å². The minimum atomic E-state index is -1.24. The van der Waals surface area contributed by atoms with E-state index < -0.39 is 30.4 Å². The van der Waals surface area contributed by atoms with E-state index in [-0.39, 0.29) is 18.6 Å². The number of fused-ring (bicyclic) bond motifs is 3. The summed E-state index contributed by atoms with van der Waals surface area (Å²) in [6, 6.07) is 14.7. The Morgan fingerprint density at radius 2 is 1.77 bits per heavy atom. The lowest BCUT2D eigenvalue weighted by molar-refractivity contribution is -0.143. The van der Waals surface area contributed by atoms with Crippen LogP contribution in [0.4, 0.5) is 4.79 Å². The number of carboxylic acids is 1. The Labute approximate surface area is 204 Å². The highest BCUT2D eigenvalue weighted by atomic mass is 16.5. The Morgan fingerprint density at radius 3 is 2.37 bits per heavy atom. The Balaban J connectivity index is 1.38. The average Bonchev–Trinajstić information content (AvgIpc) is 3.15. The molecule has 1 aliphatic heterocycles. The number of hydrogen-bond donors (Lipinski definition) is 2. The molecule has 2 aliphatic rings. The van der Waals surface area contributed by atoms with Crippen LogP contribution in [-0.2, 0) is 19.1 Å². The van der Waals surface area contributed by atoms with Gasteiger partial charge in [-0.15, -0.1) is 0 Å². The molecular formula is C26H31N3O6. The van der Waals surface area contributed by atoms with Crippen molar-refractivity contribution in [3.63, 3.8) is 0 Å². The van der Waals surface area contributed by atoms with Gasteiger partial charge < -0.3 is 29.7 Å². The average molecular weight is 482 g/mol. The second kappa shape index (κ2) is 10.9. The van der Waals surface area contributed by atoms with Crippen molar-refractivity contribution < 1.29 is 29.0 Å². The van der Waals surface area contributed by atoms with Gasteiger partial charge in [0.25, 0.3) is 0 Å². The highest BCUT2D eigenvalue weighted by molar-refractivity contribution is 5.89. The summed E-state index contributed by atoms with van der Waals surface area (Å²) in [6.07, 6.45) is -1.55. The van der Waals surface area contributed by atoms with Gasteiger partial charge in [0, 0.05) is 32.6 Å². The molecule has 186 valence electrons. The van der Waals surface area contributed by atoms with Crippen molar-refractivity contribution in [1.82, 2.24) is 15.1 Å². The van der Waals surface area contributed by atoms with Crippen LogP contribution in [0.3, 0.4) is 0 Å². The molecule has 9 nitrogen and oxygen atoms in total. The lowest BCUT2D eigenvalue weighted by Gasteiger charge is -2.33. The van der Waals surface area contributed by atoms with Crippen molar-refractivity contribution >= 4 is 18.0 Å². The number of nitrogens with one attached hydrogen (secondary N) is 1. The number of nitrogens with zero attached hydrogens (tertiary/aromatic N) is 2. The third-order valence-electron chi connectivity index (χ3n) is 6.51. The SMILES string of the molecule is CN1CCOC(CN(C)C(=O)C(CC(=O)O)NC(=O)OCC2c3ccccc3-c3ccccc32)C1. The molecule has 1 aliphatic carbocycles. The highest BCUT2D eigenvalue weighted by Gasteiger charge is 2.32. The number of rotatable bonds is 8. The van der Waals surface area contributed by atoms with Crippen LogP contribution in [0.5, 0.6) is 0 Å². The first-order chi connectivity index (χ1) is 16.8. The molecule has 2 amide bonds. The Morgan fingerprint density at radius 1 is 1.14 bits per heavy atom. The molecular weight excluding hydrogens is 450 g/mol. The number of alkyl carbamates (subject to hydrolysis) is 1. The molecule has 2 N–H and O–H groups in total. The molecule has 9 heteroatoms. The van der Waals surface area contributed by atoms with Crippen LogP contribution in [0, 0.1) is 0 Å². The van der Waals surface area contributed by atoms with Gasteiger partial charge in [-0.1, -0.05) is 48.5 Å². The fourth-order valence-corrected chi connectivity index (χ4v) is 4.80. The molecule has 2 atom stereocenters. The highest BCUT2D eigenvalue weighted by Crippen LogP contribution is 2.44. The molecule has 2 unspecified atom stereocenters. The van der Waals surface area contributed by atoms with Crippen molar-refractivity contribution in [2.24, 2.45) is 0 Å². The number of carbonyl (C=O) groups excluding carboxylic acids is 2. The molecule has 1 fully saturated rings. The van der Waals surface area contributed by atoms with E-state index in [1.54, 1.807) is 7.05 Å². The van der Waals surface area contributed by atoms with Crippen molar-refractivity contribution in [1.29, 1.82) is 0 Å². The maximum atomic E-state index is 13.0. The first-order valence-electron chi connectivity index (χ1n) is 11.7. The predicted octanol–water partition coefficient (Wildman–Crippen LogP) is 2.16. The second-order valence-electron chi connectivity index (χ2n) is 9.09. The maximum Gasteiger partial charge on any atom is 0.407 e. The van der Waals surface area contributed by atoms with Crippen LogP contribution >= 0.6 is 0 Å². The summed E-state index contributed by atoms with van der Waals surface area (Å²) >= 11 is 0. The molecule has 0 saturated carbocycles. The van der Waals surface area contributed by atoms with Gasteiger partial charge >= 0.3 is 12.1 Å². The molecule has 4 rings (SSSR count). The largest absolute Gasteiger partial charge is 0.481 e. The summed E-state index contributed by atoms with van der Waals surface area (Å²) in [6.45, 7) is 2.43. The van der Waals surface area contributed by atoms with E-state index in [0.717, 1.165) is 28.8 Å². The van der Waals surface area contributed by atoms with E-state index in [9.17, 15) is 19.5 Å². The van der Waals surface area contributed by atoms with Crippen LogP contribution in [0.25, 0.3) is 11.1 Å². The number of likely N-dealkylation sites (N-methyl/N-ethyl adjacent to an activating group) is 2. The lowest BCUT2D eigenvalue weighted by atomic mass is 9.98. The van der Waals surface area contributed by atoms with Gasteiger partial charge in [0.15, 0.2) is 0 Å². The molecule has 2 aromatic rings. The molecule has 0 aromatic heterocycles. The normalized spacial score (nSPS) is 18.3. The first-order valence-corrected chi connectivity index (χ1v) is 11.7. The third-order valence-corrected chi connectivity index (χ3v) is 6.51. The molecule has 0 spiro atoms. The van der Waals surface area contributed by atoms with Crippen molar-refractivity contribution in [2.75, 3.05) is 46.9 Å². The van der Waals surface area contributed by atoms with Crippen LogP contribution in [0.1, 0.15) is 23.5 Å². The van der Waals surface area contributed by atoms with Gasteiger partial charge in [-0.3, -0.25) is 9.59 Å². The fourth-order valence-electron chi connectivity index (χ4n) is 4.80. The Kier molecular flexibility index (Phi) is 7.67. The molecule has 1 saturated heterocycles. The predicted molar refractivity (Wildman–Crippen MR) is 129 cm³/mol. The first kappa shape index (κ1) is 24.7. The zero-order valence-corrected chi connectivity index (χ0v) is 20.0. The zero-order valence-electron chi connectivity index (χ0n) is 20.0. The zero-order chi connectivity index (χ0) is 24.9. The summed E-state index contributed by atoms with van der Waals surface area (Å²) < 4.78 is 11.2. The maximum absolute atomic E-state index is 13.0. The van der Waals surface area contributed by atoms with E-state index in [0.29, 0.717) is 19.7 Å². The number of aliphatic carboxylic acids is 1. The van der Waals surface area contributed by atoms with Gasteiger partial charge in [0.1, 0.15) is 12.6 Å². The summed E-state index contributed by atoms with van der Waals surface area (Å²) in [5.74, 6) is -1.83. The van der Waals surface area contributed by atoms with Crippen molar-refractivity contribution in [3.05, 3.63) is 59.7 Å². The van der Waals surface area contributed by atoms with Crippen LogP contribution in [-0.4, -0.2) is 92.0 Å². The number of hydrogen-bond acceptors (Lipinski definition) is 6. The number of carbonyl (C=O) groups is 3. The van der Waals surface area contributed by atoms with E-state index in [1.807, 2.05) is 55.6 Å². The summed E-state index contributed by atoms with van der Waals surface area (Å²) in [4.78, 5) is 40.5. The summed E-state index contributed by atoms with van der Waals surface area (Å²) in [7, 11) is 3.55. The standard InChI is InChI=1S/C26H31N3O6/c1-28-11-12-34-17(14-28)15-29(2)25(32)23(13-24(30)31)27-26(33)35-16-22-20-9-5-3-7-18(20)19-8-4-6-10-21(19)22/h3-10,17,22-23H,11-16H2,1-2H3,(H,27,33)(H,30,31). The molecule has 0 radical (unpaired) electrons. The molecule has 1 heterocycles. The number of carboxylic acid groups (broad SMARTS) is 1. The Bertz CT molecular complexity index is 1040. The van der Waals surface area contributed by atoms with Crippen molar-refractivity contribution in [3.8, 4) is 11.1 Å². The van der Waals surface area contributed by atoms with Gasteiger partial charge in [0.2, 0.25) is 5.91 Å². The molecule has 0 bridgehead atoms. The second-order valence-corrected chi connectivity index (χ2v) is 9.09. The van der Waals surface area contributed by atoms with Crippen molar-refractivity contribution in [2.45, 2.75) is 24.5 Å². The summed E-state index contributed by atoms with van der Waals surface area (Å²) in [5.41, 5.74) is 4.34.